The topological polar surface area (TPSA) is 111 Å². The lowest BCUT2D eigenvalue weighted by molar-refractivity contribution is 0.0728. The number of benzene rings is 1. The Morgan fingerprint density at radius 1 is 1.16 bits per heavy atom. The number of nitrogen functional groups attached to an aromatic ring is 2. The van der Waals surface area contributed by atoms with Crippen LogP contribution in [0.3, 0.4) is 0 Å². The van der Waals surface area contributed by atoms with Crippen LogP contribution >= 0.6 is 0 Å². The van der Waals surface area contributed by atoms with E-state index in [1.165, 1.54) is 0 Å². The van der Waals surface area contributed by atoms with Gasteiger partial charge in [0.2, 0.25) is 11.8 Å². The molecule has 5 N–H and O–H groups in total. The smallest absolute Gasteiger partial charge is 0.225 e. The first kappa shape index (κ1) is 16.0. The van der Waals surface area contributed by atoms with Crippen molar-refractivity contribution in [3.05, 3.63) is 35.4 Å². The van der Waals surface area contributed by atoms with Crippen LogP contribution in [-0.4, -0.2) is 38.7 Å². The van der Waals surface area contributed by atoms with Crippen LogP contribution in [0.1, 0.15) is 30.4 Å². The number of phenols is 1. The van der Waals surface area contributed by atoms with Gasteiger partial charge in [-0.05, 0) is 25.5 Å². The number of likely N-dealkylation sites (tertiary alicyclic amines) is 1. The number of nitrogens with two attached hydrogens (primary N) is 2. The molecule has 2 aliphatic rings. The molecule has 4 rings (SSSR count). The molecule has 1 saturated heterocycles. The second-order valence-corrected chi connectivity index (χ2v) is 6.97. The van der Waals surface area contributed by atoms with Gasteiger partial charge in [0, 0.05) is 31.5 Å². The second kappa shape index (κ2) is 6.07. The van der Waals surface area contributed by atoms with Crippen LogP contribution in [0, 0.1) is 0 Å². The Morgan fingerprint density at radius 3 is 2.84 bits per heavy atom. The molecule has 1 aromatic heterocycles. The molecule has 1 atom stereocenters. The van der Waals surface area contributed by atoms with Crippen molar-refractivity contribution in [1.29, 1.82) is 0 Å². The third-order valence-electron chi connectivity index (χ3n) is 5.21. The zero-order chi connectivity index (χ0) is 17.4. The summed E-state index contributed by atoms with van der Waals surface area (Å²) in [5, 5.41) is 10.00. The number of aromatic hydroxyl groups is 1. The van der Waals surface area contributed by atoms with E-state index in [-0.39, 0.29) is 11.5 Å². The maximum absolute atomic E-state index is 10.00. The van der Waals surface area contributed by atoms with Gasteiger partial charge in [-0.25, -0.2) is 0 Å². The van der Waals surface area contributed by atoms with Crippen molar-refractivity contribution in [2.24, 2.45) is 0 Å². The van der Waals surface area contributed by atoms with Crippen molar-refractivity contribution in [3.63, 3.8) is 0 Å². The number of hydrogen-bond acceptors (Lipinski definition) is 7. The van der Waals surface area contributed by atoms with Gasteiger partial charge in [0.05, 0.1) is 5.56 Å². The molecule has 132 valence electrons. The number of aromatic nitrogens is 2. The number of nitrogens with zero attached hydrogens (tertiary/aromatic N) is 3. The summed E-state index contributed by atoms with van der Waals surface area (Å²) in [5.74, 6) is 1.47. The van der Waals surface area contributed by atoms with Crippen LogP contribution < -0.4 is 16.2 Å². The highest BCUT2D eigenvalue weighted by atomic mass is 16.5. The molecule has 0 aliphatic carbocycles. The molecule has 25 heavy (non-hydrogen) atoms. The number of fused-ring (bicyclic) bond motifs is 1. The molecule has 0 saturated carbocycles. The molecule has 7 heteroatoms. The number of hydrogen-bond donors (Lipinski definition) is 3. The monoisotopic (exact) mass is 341 g/mol. The summed E-state index contributed by atoms with van der Waals surface area (Å²) in [6, 6.07) is 7.50. The average Bonchev–Trinajstić information content (AvgIpc) is 2.82. The molecule has 3 heterocycles. The second-order valence-electron chi connectivity index (χ2n) is 6.97. The van der Waals surface area contributed by atoms with E-state index < -0.39 is 0 Å². The Hall–Kier alpha value is -2.54. The summed E-state index contributed by atoms with van der Waals surface area (Å²) < 4.78 is 6.21. The minimum absolute atomic E-state index is 0.156. The summed E-state index contributed by atoms with van der Waals surface area (Å²) in [6.07, 6.45) is 3.58. The SMILES string of the molecule is Nc1nc(N)c2c(n1)O[C@]1(CCCN(Cc3ccccc3O)CC1)C2. The third-order valence-corrected chi connectivity index (χ3v) is 5.21. The van der Waals surface area contributed by atoms with Crippen LogP contribution in [-0.2, 0) is 13.0 Å². The largest absolute Gasteiger partial charge is 0.508 e. The van der Waals surface area contributed by atoms with Gasteiger partial charge in [-0.3, -0.25) is 4.90 Å². The summed E-state index contributed by atoms with van der Waals surface area (Å²) in [5.41, 5.74) is 13.2. The highest BCUT2D eigenvalue weighted by molar-refractivity contribution is 5.52. The van der Waals surface area contributed by atoms with Crippen molar-refractivity contribution < 1.29 is 9.84 Å². The maximum Gasteiger partial charge on any atom is 0.225 e. The van der Waals surface area contributed by atoms with E-state index in [4.69, 9.17) is 16.2 Å². The summed E-state index contributed by atoms with van der Waals surface area (Å²) in [4.78, 5) is 10.6. The van der Waals surface area contributed by atoms with Crippen LogP contribution in [0.15, 0.2) is 24.3 Å². The lowest BCUT2D eigenvalue weighted by Gasteiger charge is -2.27. The molecule has 0 amide bonds. The molecule has 0 unspecified atom stereocenters. The highest BCUT2D eigenvalue weighted by Crippen LogP contribution is 2.42. The van der Waals surface area contributed by atoms with Gasteiger partial charge in [0.25, 0.3) is 0 Å². The van der Waals surface area contributed by atoms with E-state index >= 15 is 0 Å². The highest BCUT2D eigenvalue weighted by Gasteiger charge is 2.42. The van der Waals surface area contributed by atoms with Crippen molar-refractivity contribution >= 4 is 11.8 Å². The Balaban J connectivity index is 1.47. The van der Waals surface area contributed by atoms with E-state index in [1.54, 1.807) is 6.07 Å². The van der Waals surface area contributed by atoms with Crippen molar-refractivity contribution in [1.82, 2.24) is 14.9 Å². The van der Waals surface area contributed by atoms with Gasteiger partial charge >= 0.3 is 0 Å². The molecular formula is C18H23N5O2. The zero-order valence-corrected chi connectivity index (χ0v) is 14.1. The van der Waals surface area contributed by atoms with E-state index in [0.717, 1.165) is 56.4 Å². The van der Waals surface area contributed by atoms with Gasteiger partial charge in [-0.15, -0.1) is 0 Å². The molecular weight excluding hydrogens is 318 g/mol. The Morgan fingerprint density at radius 2 is 2.00 bits per heavy atom. The molecule has 2 aliphatic heterocycles. The predicted octanol–water partition coefficient (Wildman–Crippen LogP) is 1.71. The predicted molar refractivity (Wildman–Crippen MR) is 95.2 cm³/mol. The summed E-state index contributed by atoms with van der Waals surface area (Å²) >= 11 is 0. The molecule has 1 fully saturated rings. The minimum Gasteiger partial charge on any atom is -0.508 e. The number of phenolic OH excluding ortho intramolecular Hbond substituents is 1. The minimum atomic E-state index is -0.271. The first-order chi connectivity index (χ1) is 12.0. The molecule has 0 radical (unpaired) electrons. The lowest BCUT2D eigenvalue weighted by atomic mass is 9.90. The Bertz CT molecular complexity index is 797. The molecule has 1 aromatic carbocycles. The molecule has 2 aromatic rings. The van der Waals surface area contributed by atoms with Gasteiger partial charge in [-0.2, -0.15) is 9.97 Å². The van der Waals surface area contributed by atoms with Crippen LogP contribution in [0.4, 0.5) is 11.8 Å². The lowest BCUT2D eigenvalue weighted by Crippen LogP contribution is -2.36. The van der Waals surface area contributed by atoms with Crippen LogP contribution in [0.2, 0.25) is 0 Å². The van der Waals surface area contributed by atoms with E-state index in [2.05, 4.69) is 14.9 Å². The number of ether oxygens (including phenoxy) is 1. The molecule has 7 nitrogen and oxygen atoms in total. The normalized spacial score (nSPS) is 23.2. The van der Waals surface area contributed by atoms with Gasteiger partial charge in [-0.1, -0.05) is 18.2 Å². The van der Waals surface area contributed by atoms with Crippen molar-refractivity contribution in [2.45, 2.75) is 37.8 Å². The van der Waals surface area contributed by atoms with Crippen LogP contribution in [0.5, 0.6) is 11.6 Å². The fourth-order valence-electron chi connectivity index (χ4n) is 3.86. The van der Waals surface area contributed by atoms with E-state index in [9.17, 15) is 5.11 Å². The third kappa shape index (κ3) is 3.07. The number of para-hydroxylation sites is 1. The number of anilines is 2. The first-order valence-corrected chi connectivity index (χ1v) is 8.65. The standard InChI is InChI=1S/C18H23N5O2/c19-15-13-10-18(25-16(13)22-17(20)21-15)6-3-8-23(9-7-18)11-12-4-1-2-5-14(12)24/h1-2,4-5,24H,3,6-11H2,(H4,19,20,21,22)/t18-/m0/s1. The number of rotatable bonds is 2. The summed E-state index contributed by atoms with van der Waals surface area (Å²) in [6.45, 7) is 2.61. The fraction of sp³-hybridized carbons (Fsp3) is 0.444. The zero-order valence-electron chi connectivity index (χ0n) is 14.1. The van der Waals surface area contributed by atoms with E-state index in [0.29, 0.717) is 17.4 Å². The van der Waals surface area contributed by atoms with Crippen molar-refractivity contribution in [2.75, 3.05) is 24.6 Å². The molecule has 0 bridgehead atoms. The van der Waals surface area contributed by atoms with Gasteiger partial charge in [0.15, 0.2) is 0 Å². The van der Waals surface area contributed by atoms with Gasteiger partial charge < -0.3 is 21.3 Å². The van der Waals surface area contributed by atoms with Crippen LogP contribution in [0.25, 0.3) is 0 Å². The average molecular weight is 341 g/mol. The maximum atomic E-state index is 10.00. The fourth-order valence-corrected chi connectivity index (χ4v) is 3.86. The van der Waals surface area contributed by atoms with Gasteiger partial charge in [0.1, 0.15) is 17.2 Å². The molecule has 1 spiro atoms. The van der Waals surface area contributed by atoms with Crippen molar-refractivity contribution in [3.8, 4) is 11.6 Å². The summed E-state index contributed by atoms with van der Waals surface area (Å²) in [7, 11) is 0. The first-order valence-electron chi connectivity index (χ1n) is 8.65. The van der Waals surface area contributed by atoms with E-state index in [1.807, 2.05) is 18.2 Å². The quantitative estimate of drug-likeness (QED) is 0.762. The Kier molecular flexibility index (Phi) is 3.88. The Labute approximate surface area is 146 Å².